The molecule has 0 fully saturated rings. The minimum Gasteiger partial charge on any atom is -0.452 e. The number of nitrogens with one attached hydrogen (secondary N) is 1. The largest absolute Gasteiger partial charge is 0.452 e. The van der Waals surface area contributed by atoms with Crippen molar-refractivity contribution in [2.75, 3.05) is 6.54 Å². The van der Waals surface area contributed by atoms with Crippen LogP contribution in [0.4, 0.5) is 0 Å². The van der Waals surface area contributed by atoms with E-state index in [0.29, 0.717) is 17.3 Å². The highest BCUT2D eigenvalue weighted by atomic mass is 35.5. The fraction of sp³-hybridized carbons (Fsp3) is 0.438. The molecule has 1 heterocycles. The van der Waals surface area contributed by atoms with E-state index in [0.717, 1.165) is 6.42 Å². The first-order valence-electron chi connectivity index (χ1n) is 8.09. The van der Waals surface area contributed by atoms with Crippen molar-refractivity contribution < 1.29 is 22.5 Å². The van der Waals surface area contributed by atoms with E-state index in [1.807, 2.05) is 6.92 Å². The van der Waals surface area contributed by atoms with Gasteiger partial charge in [0, 0.05) is 18.0 Å². The summed E-state index contributed by atoms with van der Waals surface area (Å²) in [5.74, 6) is 0.183. The van der Waals surface area contributed by atoms with Crippen LogP contribution in [-0.2, 0) is 26.0 Å². The number of sulfonamides is 1. The van der Waals surface area contributed by atoms with Crippen LogP contribution in [0.25, 0.3) is 0 Å². The van der Waals surface area contributed by atoms with E-state index in [4.69, 9.17) is 20.9 Å². The van der Waals surface area contributed by atoms with Gasteiger partial charge in [-0.3, -0.25) is 4.79 Å². The fourth-order valence-corrected chi connectivity index (χ4v) is 3.40. The van der Waals surface area contributed by atoms with Gasteiger partial charge in [0.25, 0.3) is 5.89 Å². The van der Waals surface area contributed by atoms with Crippen LogP contribution in [0, 0.1) is 0 Å². The molecule has 1 atom stereocenters. The van der Waals surface area contributed by atoms with Crippen molar-refractivity contribution in [3.8, 4) is 0 Å². The molecule has 1 aromatic heterocycles. The average molecular weight is 402 g/mol. The number of esters is 1. The van der Waals surface area contributed by atoms with Gasteiger partial charge in [-0.15, -0.1) is 0 Å². The molecule has 10 heteroatoms. The number of rotatable bonds is 9. The molecule has 0 aliphatic heterocycles. The lowest BCUT2D eigenvalue weighted by molar-refractivity contribution is -0.149. The van der Waals surface area contributed by atoms with E-state index < -0.39 is 22.1 Å². The Hall–Kier alpha value is -1.97. The van der Waals surface area contributed by atoms with Crippen molar-refractivity contribution >= 4 is 27.6 Å². The lowest BCUT2D eigenvalue weighted by Crippen LogP contribution is -2.27. The third kappa shape index (κ3) is 5.79. The minimum atomic E-state index is -3.75. The molecule has 8 nitrogen and oxygen atoms in total. The number of ether oxygens (including phenoxy) is 1. The van der Waals surface area contributed by atoms with Crippen LogP contribution < -0.4 is 4.72 Å². The summed E-state index contributed by atoms with van der Waals surface area (Å²) in [6.07, 6.45) is 0.709. The van der Waals surface area contributed by atoms with E-state index in [-0.39, 0.29) is 23.8 Å². The Morgan fingerprint density at radius 3 is 2.88 bits per heavy atom. The summed E-state index contributed by atoms with van der Waals surface area (Å²) >= 11 is 5.79. The second kappa shape index (κ2) is 9.11. The number of carbonyl (C=O) groups is 1. The third-order valence-corrected chi connectivity index (χ3v) is 5.03. The van der Waals surface area contributed by atoms with Crippen LogP contribution in [0.3, 0.4) is 0 Å². The van der Waals surface area contributed by atoms with Gasteiger partial charge in [0.2, 0.25) is 10.0 Å². The van der Waals surface area contributed by atoms with Crippen molar-refractivity contribution in [3.05, 3.63) is 41.0 Å². The van der Waals surface area contributed by atoms with Gasteiger partial charge in [0.05, 0.1) is 11.3 Å². The van der Waals surface area contributed by atoms with Gasteiger partial charge in [0.15, 0.2) is 11.9 Å². The summed E-state index contributed by atoms with van der Waals surface area (Å²) in [6, 6.07) is 5.85. The van der Waals surface area contributed by atoms with E-state index >= 15 is 0 Å². The number of carbonyl (C=O) groups excluding carboxylic acids is 1. The molecule has 2 rings (SSSR count). The molecule has 0 bridgehead atoms. The summed E-state index contributed by atoms with van der Waals surface area (Å²) in [6.45, 7) is 3.49. The lowest BCUT2D eigenvalue weighted by atomic mass is 10.3. The molecule has 0 saturated carbocycles. The van der Waals surface area contributed by atoms with Crippen LogP contribution >= 0.6 is 11.6 Å². The number of halogens is 1. The van der Waals surface area contributed by atoms with Gasteiger partial charge in [-0.05, 0) is 31.5 Å². The third-order valence-electron chi connectivity index (χ3n) is 3.34. The summed E-state index contributed by atoms with van der Waals surface area (Å²) in [7, 11) is -3.75. The predicted octanol–water partition coefficient (Wildman–Crippen LogP) is 2.65. The number of aromatic nitrogens is 2. The number of hydrogen-bond acceptors (Lipinski definition) is 7. The van der Waals surface area contributed by atoms with Crippen molar-refractivity contribution in [3.63, 3.8) is 0 Å². The second-order valence-electron chi connectivity index (χ2n) is 5.54. The quantitative estimate of drug-likeness (QED) is 0.643. The van der Waals surface area contributed by atoms with Crippen LogP contribution in [0.5, 0.6) is 0 Å². The molecular formula is C16H20ClN3O5S. The zero-order valence-corrected chi connectivity index (χ0v) is 16.0. The molecule has 1 unspecified atom stereocenters. The maximum atomic E-state index is 12.1. The molecule has 1 N–H and O–H groups in total. The van der Waals surface area contributed by atoms with Crippen molar-refractivity contribution in [2.45, 2.75) is 44.1 Å². The van der Waals surface area contributed by atoms with Gasteiger partial charge in [-0.1, -0.05) is 29.7 Å². The molecule has 0 spiro atoms. The first kappa shape index (κ1) is 20.3. The second-order valence-corrected chi connectivity index (χ2v) is 7.74. The number of nitrogens with zero attached hydrogens (tertiary/aromatic N) is 2. The van der Waals surface area contributed by atoms with Gasteiger partial charge < -0.3 is 9.26 Å². The Labute approximate surface area is 156 Å². The van der Waals surface area contributed by atoms with Gasteiger partial charge in [0.1, 0.15) is 0 Å². The summed E-state index contributed by atoms with van der Waals surface area (Å²) in [5.41, 5.74) is 0. The molecule has 26 heavy (non-hydrogen) atoms. The maximum absolute atomic E-state index is 12.1. The molecule has 0 aliphatic rings. The predicted molar refractivity (Wildman–Crippen MR) is 94.1 cm³/mol. The molecule has 1 aromatic carbocycles. The molecule has 0 amide bonds. The Bertz CT molecular complexity index is 853. The van der Waals surface area contributed by atoms with Crippen molar-refractivity contribution in [2.24, 2.45) is 0 Å². The highest BCUT2D eigenvalue weighted by Crippen LogP contribution is 2.17. The zero-order valence-electron chi connectivity index (χ0n) is 14.4. The minimum absolute atomic E-state index is 0.0287. The maximum Gasteiger partial charge on any atom is 0.307 e. The van der Waals surface area contributed by atoms with Crippen molar-refractivity contribution in [1.82, 2.24) is 14.9 Å². The zero-order chi connectivity index (χ0) is 19.2. The van der Waals surface area contributed by atoms with E-state index in [1.165, 1.54) is 18.2 Å². The Kier molecular flexibility index (Phi) is 7.13. The first-order chi connectivity index (χ1) is 12.3. The molecular weight excluding hydrogens is 382 g/mol. The van der Waals surface area contributed by atoms with Crippen LogP contribution in [0.1, 0.15) is 44.5 Å². The fourth-order valence-electron chi connectivity index (χ4n) is 2.07. The van der Waals surface area contributed by atoms with Crippen LogP contribution in [0.15, 0.2) is 33.7 Å². The van der Waals surface area contributed by atoms with Gasteiger partial charge >= 0.3 is 5.97 Å². The normalized spacial score (nSPS) is 12.7. The molecule has 0 radical (unpaired) electrons. The molecule has 2 aromatic rings. The smallest absolute Gasteiger partial charge is 0.307 e. The SMILES string of the molecule is CCCc1noc(C(C)OC(=O)CCNS(=O)(=O)c2cccc(Cl)c2)n1. The Morgan fingerprint density at radius 2 is 2.19 bits per heavy atom. The molecule has 0 aliphatic carbocycles. The van der Waals surface area contributed by atoms with E-state index in [1.54, 1.807) is 13.0 Å². The monoisotopic (exact) mass is 401 g/mol. The number of benzene rings is 1. The van der Waals surface area contributed by atoms with Crippen LogP contribution in [-0.4, -0.2) is 31.1 Å². The van der Waals surface area contributed by atoms with Crippen LogP contribution in [0.2, 0.25) is 5.02 Å². The average Bonchev–Trinajstić information content (AvgIpc) is 3.04. The van der Waals surface area contributed by atoms with Gasteiger partial charge in [-0.25, -0.2) is 13.1 Å². The topological polar surface area (TPSA) is 111 Å². The van der Waals surface area contributed by atoms with Crippen molar-refractivity contribution in [1.29, 1.82) is 0 Å². The first-order valence-corrected chi connectivity index (χ1v) is 9.95. The van der Waals surface area contributed by atoms with Gasteiger partial charge in [-0.2, -0.15) is 4.98 Å². The lowest BCUT2D eigenvalue weighted by Gasteiger charge is -2.10. The summed E-state index contributed by atoms with van der Waals surface area (Å²) in [5, 5.41) is 4.10. The van der Waals surface area contributed by atoms with E-state index in [9.17, 15) is 13.2 Å². The summed E-state index contributed by atoms with van der Waals surface area (Å²) < 4.78 is 36.8. The number of hydrogen-bond donors (Lipinski definition) is 1. The Balaban J connectivity index is 1.82. The van der Waals surface area contributed by atoms with E-state index in [2.05, 4.69) is 14.9 Å². The molecule has 0 saturated heterocycles. The Morgan fingerprint density at radius 1 is 1.42 bits per heavy atom. The number of aryl methyl sites for hydroxylation is 1. The highest BCUT2D eigenvalue weighted by Gasteiger charge is 2.19. The summed E-state index contributed by atoms with van der Waals surface area (Å²) in [4.78, 5) is 16.0. The standard InChI is InChI=1S/C16H20ClN3O5S/c1-3-5-14-19-16(25-20-14)11(2)24-15(21)8-9-18-26(22,23)13-7-4-6-12(17)10-13/h4,6-7,10-11,18H,3,5,8-9H2,1-2H3. The highest BCUT2D eigenvalue weighted by molar-refractivity contribution is 7.89. The molecule has 142 valence electrons.